The summed E-state index contributed by atoms with van der Waals surface area (Å²) in [5.74, 6) is 3.05. The molecule has 590 valence electrons. The molecule has 28 heteroatoms. The van der Waals surface area contributed by atoms with Crippen LogP contribution in [-0.4, -0.2) is 197 Å². The quantitative estimate of drug-likeness (QED) is 0.0230. The molecule has 2 unspecified atom stereocenters. The number of alkyl carbamates (subject to hydrolysis) is 1. The van der Waals surface area contributed by atoms with Crippen LogP contribution in [0.2, 0.25) is 0 Å². The Morgan fingerprint density at radius 2 is 1.47 bits per heavy atom. The number of nitrogens with one attached hydrogen (secondary N) is 6. The largest absolute Gasteiger partial charge is 0.445 e. The second-order valence-corrected chi connectivity index (χ2v) is 29.8. The summed E-state index contributed by atoms with van der Waals surface area (Å²) in [6.07, 6.45) is 7.71. The SMILES string of the molecule is CCCC1O[C@@H]2C[C@H]3[C@@H]4CCC5=CC(=O)C=C[C@]5(C)[C@H]4[C@@H](O)C[C@]3(C)[C@]2(C(=O)COC2CCCCN2C(=O)CNC(=O)OCc2ccc(NC(=O)[C@H](CCCNC(N)=O)NC(=O)[C@@H](NC(=O)CCOCCOCCOCCOCCNC(=O)CCC(=O)N3Cc4ccccc4C#Cc4ccccc43)C(C)C)cc2)O1. The van der Waals surface area contributed by atoms with Crippen LogP contribution < -0.4 is 42.5 Å². The number of urea groups is 1. The van der Waals surface area contributed by atoms with Crippen molar-refractivity contribution in [3.05, 3.63) is 119 Å². The van der Waals surface area contributed by atoms with Gasteiger partial charge in [-0.2, -0.15) is 0 Å². The number of nitrogens with two attached hydrogens (primary N) is 1. The lowest BCUT2D eigenvalue weighted by Crippen LogP contribution is -2.64. The van der Waals surface area contributed by atoms with Gasteiger partial charge in [0.1, 0.15) is 38.1 Å². The number of likely N-dealkylation sites (tertiary alicyclic amines) is 1. The Labute approximate surface area is 637 Å². The number of aliphatic hydroxyl groups excluding tert-OH is 1. The Hall–Kier alpha value is -8.92. The van der Waals surface area contributed by atoms with E-state index in [1.165, 1.54) is 4.90 Å². The molecule has 2 saturated heterocycles. The van der Waals surface area contributed by atoms with Crippen LogP contribution in [0.4, 0.5) is 21.0 Å². The average Bonchev–Trinajstić information content (AvgIpc) is 1.53. The van der Waals surface area contributed by atoms with Crippen molar-refractivity contribution >= 4 is 70.5 Å². The summed E-state index contributed by atoms with van der Waals surface area (Å²) in [5.41, 5.74) is 7.78. The van der Waals surface area contributed by atoms with E-state index in [1.807, 2.05) is 61.5 Å². The molecule has 3 aromatic carbocycles. The van der Waals surface area contributed by atoms with Crippen molar-refractivity contribution in [2.75, 3.05) is 95.9 Å². The summed E-state index contributed by atoms with van der Waals surface area (Å²) in [6, 6.07) is 18.7. The normalized spacial score (nSPS) is 24.8. The second kappa shape index (κ2) is 39.1. The number of fused-ring (bicyclic) bond motifs is 9. The van der Waals surface area contributed by atoms with Gasteiger partial charge >= 0.3 is 12.1 Å². The minimum atomic E-state index is -1.39. The lowest BCUT2D eigenvalue weighted by Gasteiger charge is -2.59. The van der Waals surface area contributed by atoms with Crippen molar-refractivity contribution in [3.63, 3.8) is 0 Å². The van der Waals surface area contributed by atoms with E-state index in [4.69, 9.17) is 43.6 Å². The van der Waals surface area contributed by atoms with Gasteiger partial charge in [0, 0.05) is 72.5 Å². The summed E-state index contributed by atoms with van der Waals surface area (Å²) in [6.45, 7) is 11.8. The first-order valence-corrected chi connectivity index (χ1v) is 38.4. The van der Waals surface area contributed by atoms with Gasteiger partial charge in [-0.1, -0.05) is 107 Å². The van der Waals surface area contributed by atoms with E-state index in [1.54, 1.807) is 55.2 Å². The minimum absolute atomic E-state index is 0.0139. The Bertz CT molecular complexity index is 3860. The van der Waals surface area contributed by atoms with Gasteiger partial charge in [0.2, 0.25) is 35.4 Å². The number of para-hydroxylation sites is 1. The van der Waals surface area contributed by atoms with Crippen LogP contribution >= 0.6 is 0 Å². The van der Waals surface area contributed by atoms with E-state index in [9.17, 15) is 48.3 Å². The van der Waals surface area contributed by atoms with Crippen molar-refractivity contribution in [1.82, 2.24) is 31.5 Å². The number of nitrogens with zero attached hydrogens (tertiary/aromatic N) is 2. The number of primary amides is 1. The molecule has 3 heterocycles. The summed E-state index contributed by atoms with van der Waals surface area (Å²) in [7, 11) is 0. The van der Waals surface area contributed by atoms with E-state index in [0.717, 1.165) is 47.9 Å². The molecular formula is C81H107N9O19. The topological polar surface area (TPSA) is 369 Å². The fourth-order valence-electron chi connectivity index (χ4n) is 16.7. The minimum Gasteiger partial charge on any atom is -0.445 e. The first kappa shape index (κ1) is 82.6. The lowest BCUT2D eigenvalue weighted by atomic mass is 9.46. The zero-order valence-electron chi connectivity index (χ0n) is 63.2. The second-order valence-electron chi connectivity index (χ2n) is 29.8. The molecule has 3 aromatic rings. The third kappa shape index (κ3) is 21.0. The predicted octanol–water partition coefficient (Wildman–Crippen LogP) is 6.32. The van der Waals surface area contributed by atoms with Gasteiger partial charge < -0.3 is 90.4 Å². The smallest absolute Gasteiger partial charge is 0.407 e. The molecule has 7 aliphatic rings. The maximum absolute atomic E-state index is 15.0. The molecule has 9 amide bonds. The number of ether oxygens (including phenoxy) is 8. The van der Waals surface area contributed by atoms with E-state index < -0.39 is 95.5 Å². The van der Waals surface area contributed by atoms with Gasteiger partial charge in [0.25, 0.3) is 0 Å². The number of ketones is 2. The first-order valence-electron chi connectivity index (χ1n) is 38.4. The van der Waals surface area contributed by atoms with E-state index in [-0.39, 0.29) is 138 Å². The molecule has 0 spiro atoms. The summed E-state index contributed by atoms with van der Waals surface area (Å²) < 4.78 is 47.7. The van der Waals surface area contributed by atoms with Crippen molar-refractivity contribution in [1.29, 1.82) is 0 Å². The highest BCUT2D eigenvalue weighted by Crippen LogP contribution is 2.70. The molecule has 9 N–H and O–H groups in total. The summed E-state index contributed by atoms with van der Waals surface area (Å²) in [4.78, 5) is 136. The third-order valence-corrected chi connectivity index (χ3v) is 22.1. The monoisotopic (exact) mass is 1510 g/mol. The van der Waals surface area contributed by atoms with Crippen molar-refractivity contribution in [3.8, 4) is 11.8 Å². The Morgan fingerprint density at radius 3 is 2.20 bits per heavy atom. The van der Waals surface area contributed by atoms with Crippen molar-refractivity contribution in [2.45, 2.75) is 180 Å². The Kier molecular flexibility index (Phi) is 29.6. The molecule has 3 aliphatic heterocycles. The number of allylic oxidation sites excluding steroid dienone is 4. The number of piperidine rings is 1. The number of hydrogen-bond donors (Lipinski definition) is 8. The van der Waals surface area contributed by atoms with Crippen LogP contribution in [0.5, 0.6) is 0 Å². The number of benzene rings is 3. The zero-order valence-corrected chi connectivity index (χ0v) is 63.2. The van der Waals surface area contributed by atoms with Gasteiger partial charge in [-0.05, 0) is 136 Å². The predicted molar refractivity (Wildman–Crippen MR) is 400 cm³/mol. The van der Waals surface area contributed by atoms with Crippen LogP contribution in [0.1, 0.15) is 147 Å². The highest BCUT2D eigenvalue weighted by atomic mass is 16.7. The molecular weight excluding hydrogens is 1400 g/mol. The van der Waals surface area contributed by atoms with Crippen molar-refractivity contribution in [2.24, 2.45) is 40.2 Å². The van der Waals surface area contributed by atoms with Gasteiger partial charge in [-0.3, -0.25) is 38.4 Å². The number of anilines is 2. The average molecular weight is 1510 g/mol. The van der Waals surface area contributed by atoms with Crippen LogP contribution in [0.15, 0.2) is 96.6 Å². The molecule has 4 aliphatic carbocycles. The number of hydrogen-bond acceptors (Lipinski definition) is 19. The number of aliphatic hydroxyl groups is 1. The number of carbonyl (C=O) groups is 10. The standard InChI is InChI=1S/C81H107N9O19/c1-6-14-72-108-66-46-61-60-28-25-57-45-59(91)31-33-79(57,4)73(60)64(92)47-80(61,5)81(66,109-72)65(93)51-106-71-20-11-12-36-89(71)70(97)48-85-78(101)107-50-53-21-26-58(27-22-53)86-75(98)62(18-13-34-84-77(82)100)87-76(99)74(52(2)3)88-68(95)32-37-102-39-41-104-43-44-105-42-40-103-38-35-83-67(94)29-30-69(96)90-49-56-17-8-7-15-54(56)23-24-55-16-9-10-19-63(55)90/h7-10,15-17,19,21-22,26-27,31,33,45,52,60-62,64,66,71-74,92H,6,11-14,18,20,25,28-30,32,34-44,46-51H2,1-5H3,(H,83,94)(H,85,101)(H,86,98)(H,87,99)(H,88,95)(H3,82,84,100)/t60-,61-,62-,64-,66+,71?,72?,73+,74-,79-,80-,81+/m0/s1. The number of amides is 9. The molecule has 10 rings (SSSR count). The van der Waals surface area contributed by atoms with E-state index in [0.29, 0.717) is 82.0 Å². The first-order chi connectivity index (χ1) is 52.5. The van der Waals surface area contributed by atoms with Crippen molar-refractivity contribution < 1.29 is 90.9 Å². The molecule has 0 radical (unpaired) electrons. The van der Waals surface area contributed by atoms with Crippen LogP contribution in [-0.2, 0) is 89.4 Å². The maximum atomic E-state index is 15.0. The lowest BCUT2D eigenvalue weighted by molar-refractivity contribution is -0.204. The van der Waals surface area contributed by atoms with Gasteiger partial charge in [-0.25, -0.2) is 9.59 Å². The molecule has 0 bridgehead atoms. The van der Waals surface area contributed by atoms with E-state index in [2.05, 4.69) is 57.6 Å². The molecule has 5 fully saturated rings. The molecule has 0 aromatic heterocycles. The number of rotatable bonds is 38. The molecule has 109 heavy (non-hydrogen) atoms. The van der Waals surface area contributed by atoms with Gasteiger partial charge in [0.15, 0.2) is 23.5 Å². The fourth-order valence-corrected chi connectivity index (χ4v) is 16.7. The van der Waals surface area contributed by atoms with E-state index >= 15 is 4.79 Å². The summed E-state index contributed by atoms with van der Waals surface area (Å²) >= 11 is 0. The maximum Gasteiger partial charge on any atom is 0.407 e. The zero-order chi connectivity index (χ0) is 77.7. The number of Topliss-reactive ketones (excluding diaryl/α,β-unsaturated/α-hetero) is 1. The summed E-state index contributed by atoms with van der Waals surface area (Å²) in [5, 5.41) is 28.3. The fraction of sp³-hybridized carbons (Fsp3) is 0.580. The third-order valence-electron chi connectivity index (χ3n) is 22.1. The molecule has 3 saturated carbocycles. The highest BCUT2D eigenvalue weighted by molar-refractivity contribution is 6.01. The Balaban J connectivity index is 0.589. The van der Waals surface area contributed by atoms with Gasteiger partial charge in [-0.15, -0.1) is 0 Å². The Morgan fingerprint density at radius 1 is 0.761 bits per heavy atom. The van der Waals surface area contributed by atoms with Gasteiger partial charge in [0.05, 0.1) is 77.3 Å². The molecule has 28 nitrogen and oxygen atoms in total. The van der Waals surface area contributed by atoms with Crippen LogP contribution in [0.3, 0.4) is 0 Å². The highest BCUT2D eigenvalue weighted by Gasteiger charge is 2.76. The number of carbonyl (C=O) groups excluding carboxylic acids is 10. The van der Waals surface area contributed by atoms with Crippen LogP contribution in [0, 0.1) is 46.3 Å². The molecule has 12 atom stereocenters. The van der Waals surface area contributed by atoms with Crippen LogP contribution in [0.25, 0.3) is 0 Å².